The predicted octanol–water partition coefficient (Wildman–Crippen LogP) is 2.74. The quantitative estimate of drug-likeness (QED) is 0.218. The van der Waals surface area contributed by atoms with Gasteiger partial charge in [-0.2, -0.15) is 0 Å². The van der Waals surface area contributed by atoms with Gasteiger partial charge in [-0.25, -0.2) is 0 Å². The highest BCUT2D eigenvalue weighted by Gasteiger charge is 2.30. The standard InChI is InChI=1S/C22H37N5O.HI/c1-4-23-22(24-15-8-13-19-11-6-5-7-12-19)25-16-10-18-27-17-9-14-20(27)21(28)26(2)3;/h5-7,11-12,20H,4,8-10,13-18H2,1-3H3,(H2,23,24,25);1H. The molecule has 0 bridgehead atoms. The summed E-state index contributed by atoms with van der Waals surface area (Å²) in [5.74, 6) is 1.12. The molecule has 1 amide bonds. The summed E-state index contributed by atoms with van der Waals surface area (Å²) in [5.41, 5.74) is 1.36. The van der Waals surface area contributed by atoms with E-state index in [-0.39, 0.29) is 35.9 Å². The van der Waals surface area contributed by atoms with Crippen LogP contribution in [0, 0.1) is 0 Å². The van der Waals surface area contributed by atoms with Gasteiger partial charge in [-0.1, -0.05) is 30.3 Å². The Labute approximate surface area is 193 Å². The molecule has 1 unspecified atom stereocenters. The van der Waals surface area contributed by atoms with Gasteiger partial charge < -0.3 is 15.5 Å². The van der Waals surface area contributed by atoms with Crippen molar-refractivity contribution in [2.45, 2.75) is 45.1 Å². The van der Waals surface area contributed by atoms with Crippen LogP contribution >= 0.6 is 24.0 Å². The Bertz CT molecular complexity index is 608. The largest absolute Gasteiger partial charge is 0.357 e. The summed E-state index contributed by atoms with van der Waals surface area (Å²) in [6.07, 6.45) is 5.20. The third kappa shape index (κ3) is 9.33. The van der Waals surface area contributed by atoms with Gasteiger partial charge in [-0.3, -0.25) is 14.7 Å². The average Bonchev–Trinajstić information content (AvgIpc) is 3.16. The maximum absolute atomic E-state index is 12.3. The predicted molar refractivity (Wildman–Crippen MR) is 132 cm³/mol. The fraction of sp³-hybridized carbons (Fsp3) is 0.636. The first-order valence-corrected chi connectivity index (χ1v) is 10.6. The zero-order valence-corrected chi connectivity index (χ0v) is 20.5. The Morgan fingerprint density at radius 2 is 1.97 bits per heavy atom. The van der Waals surface area contributed by atoms with Gasteiger partial charge in [0.2, 0.25) is 5.91 Å². The maximum Gasteiger partial charge on any atom is 0.239 e. The van der Waals surface area contributed by atoms with Crippen LogP contribution in [0.4, 0.5) is 0 Å². The van der Waals surface area contributed by atoms with Crippen molar-refractivity contribution < 1.29 is 4.79 Å². The molecular weight excluding hydrogens is 477 g/mol. The van der Waals surface area contributed by atoms with Crippen molar-refractivity contribution in [3.63, 3.8) is 0 Å². The Hall–Kier alpha value is -1.35. The minimum Gasteiger partial charge on any atom is -0.357 e. The summed E-state index contributed by atoms with van der Waals surface area (Å²) in [7, 11) is 3.69. The Morgan fingerprint density at radius 1 is 1.21 bits per heavy atom. The number of guanidine groups is 1. The summed E-state index contributed by atoms with van der Waals surface area (Å²) >= 11 is 0. The van der Waals surface area contributed by atoms with Crippen molar-refractivity contribution in [1.82, 2.24) is 20.4 Å². The van der Waals surface area contributed by atoms with Crippen molar-refractivity contribution in [2.24, 2.45) is 4.99 Å². The number of aryl methyl sites for hydroxylation is 1. The number of likely N-dealkylation sites (N-methyl/N-ethyl adjacent to an activating group) is 1. The number of likely N-dealkylation sites (tertiary alicyclic amines) is 1. The van der Waals surface area contributed by atoms with Gasteiger partial charge in [0.25, 0.3) is 0 Å². The molecule has 0 saturated carbocycles. The zero-order chi connectivity index (χ0) is 20.2. The highest BCUT2D eigenvalue weighted by Crippen LogP contribution is 2.18. The number of rotatable bonds is 10. The third-order valence-corrected chi connectivity index (χ3v) is 5.08. The Kier molecular flexibility index (Phi) is 12.9. The molecule has 0 aliphatic carbocycles. The minimum absolute atomic E-state index is 0. The lowest BCUT2D eigenvalue weighted by Gasteiger charge is -2.26. The second-order valence-electron chi connectivity index (χ2n) is 7.56. The van der Waals surface area contributed by atoms with E-state index in [1.165, 1.54) is 5.56 Å². The van der Waals surface area contributed by atoms with Crippen molar-refractivity contribution in [3.05, 3.63) is 35.9 Å². The van der Waals surface area contributed by atoms with E-state index in [4.69, 9.17) is 0 Å². The van der Waals surface area contributed by atoms with E-state index >= 15 is 0 Å². The van der Waals surface area contributed by atoms with Gasteiger partial charge >= 0.3 is 0 Å². The summed E-state index contributed by atoms with van der Waals surface area (Å²) < 4.78 is 0. The van der Waals surface area contributed by atoms with Crippen LogP contribution in [0.3, 0.4) is 0 Å². The summed E-state index contributed by atoms with van der Waals surface area (Å²) in [5, 5.41) is 6.74. The SMILES string of the molecule is CCNC(=NCCCc1ccccc1)NCCCN1CCCC1C(=O)N(C)C.I. The van der Waals surface area contributed by atoms with E-state index < -0.39 is 0 Å². The van der Waals surface area contributed by atoms with Gasteiger partial charge in [0, 0.05) is 40.3 Å². The van der Waals surface area contributed by atoms with Crippen LogP contribution in [0.1, 0.15) is 38.2 Å². The van der Waals surface area contributed by atoms with Crippen LogP contribution in [0.15, 0.2) is 35.3 Å². The summed E-state index contributed by atoms with van der Waals surface area (Å²) in [6.45, 7) is 6.60. The first-order chi connectivity index (χ1) is 13.6. The lowest BCUT2D eigenvalue weighted by Crippen LogP contribution is -2.44. The molecule has 1 heterocycles. The fourth-order valence-corrected chi connectivity index (χ4v) is 3.62. The molecule has 1 atom stereocenters. The molecule has 2 N–H and O–H groups in total. The lowest BCUT2D eigenvalue weighted by molar-refractivity contribution is -0.133. The average molecular weight is 515 g/mol. The third-order valence-electron chi connectivity index (χ3n) is 5.08. The normalized spacial score (nSPS) is 16.9. The fourth-order valence-electron chi connectivity index (χ4n) is 3.62. The van der Waals surface area contributed by atoms with Gasteiger partial charge in [-0.05, 0) is 51.1 Å². The molecule has 2 rings (SSSR count). The summed E-state index contributed by atoms with van der Waals surface area (Å²) in [4.78, 5) is 21.0. The zero-order valence-electron chi connectivity index (χ0n) is 18.2. The highest BCUT2D eigenvalue weighted by atomic mass is 127. The molecule has 164 valence electrons. The molecular formula is C22H38IN5O. The van der Waals surface area contributed by atoms with E-state index in [9.17, 15) is 4.79 Å². The van der Waals surface area contributed by atoms with Crippen molar-refractivity contribution in [1.29, 1.82) is 0 Å². The molecule has 1 aliphatic rings. The number of nitrogens with zero attached hydrogens (tertiary/aromatic N) is 3. The van der Waals surface area contributed by atoms with Crippen molar-refractivity contribution in [2.75, 3.05) is 46.8 Å². The summed E-state index contributed by atoms with van der Waals surface area (Å²) in [6, 6.07) is 10.6. The number of amides is 1. The highest BCUT2D eigenvalue weighted by molar-refractivity contribution is 14.0. The van der Waals surface area contributed by atoms with Gasteiger partial charge in [0.05, 0.1) is 6.04 Å². The smallest absolute Gasteiger partial charge is 0.239 e. The van der Waals surface area contributed by atoms with E-state index in [0.717, 1.165) is 70.8 Å². The Morgan fingerprint density at radius 3 is 2.66 bits per heavy atom. The van der Waals surface area contributed by atoms with Gasteiger partial charge in [-0.15, -0.1) is 24.0 Å². The van der Waals surface area contributed by atoms with Crippen molar-refractivity contribution in [3.8, 4) is 0 Å². The van der Waals surface area contributed by atoms with Gasteiger partial charge in [0.15, 0.2) is 5.96 Å². The molecule has 0 aromatic heterocycles. The Balaban J connectivity index is 0.00000420. The van der Waals surface area contributed by atoms with E-state index in [1.807, 2.05) is 14.1 Å². The monoisotopic (exact) mass is 515 g/mol. The second kappa shape index (κ2) is 14.6. The molecule has 0 radical (unpaired) electrons. The number of carbonyl (C=O) groups is 1. The number of aliphatic imine (C=N–C) groups is 1. The topological polar surface area (TPSA) is 60.0 Å². The number of benzene rings is 1. The van der Waals surface area contributed by atoms with Crippen LogP contribution < -0.4 is 10.6 Å². The number of hydrogen-bond acceptors (Lipinski definition) is 3. The number of hydrogen-bond donors (Lipinski definition) is 2. The van der Waals surface area contributed by atoms with E-state index in [2.05, 4.69) is 57.8 Å². The molecule has 29 heavy (non-hydrogen) atoms. The molecule has 1 saturated heterocycles. The van der Waals surface area contributed by atoms with Crippen LogP contribution in [-0.4, -0.2) is 74.5 Å². The van der Waals surface area contributed by atoms with Gasteiger partial charge in [0.1, 0.15) is 0 Å². The first kappa shape index (κ1) is 25.7. The molecule has 1 aromatic carbocycles. The lowest BCUT2D eigenvalue weighted by atomic mass is 10.1. The molecule has 6 nitrogen and oxygen atoms in total. The van der Waals surface area contributed by atoms with Crippen molar-refractivity contribution >= 4 is 35.8 Å². The number of halogens is 1. The van der Waals surface area contributed by atoms with E-state index in [1.54, 1.807) is 4.90 Å². The molecule has 7 heteroatoms. The number of nitrogens with one attached hydrogen (secondary N) is 2. The second-order valence-corrected chi connectivity index (χ2v) is 7.56. The first-order valence-electron chi connectivity index (χ1n) is 10.6. The maximum atomic E-state index is 12.3. The van der Waals surface area contributed by atoms with Crippen LogP contribution in [0.2, 0.25) is 0 Å². The van der Waals surface area contributed by atoms with Crippen LogP contribution in [-0.2, 0) is 11.2 Å². The minimum atomic E-state index is 0. The molecule has 1 aliphatic heterocycles. The van der Waals surface area contributed by atoms with E-state index in [0.29, 0.717) is 0 Å². The van der Waals surface area contributed by atoms with Crippen LogP contribution in [0.5, 0.6) is 0 Å². The number of carbonyl (C=O) groups excluding carboxylic acids is 1. The van der Waals surface area contributed by atoms with Crippen LogP contribution in [0.25, 0.3) is 0 Å². The molecule has 0 spiro atoms. The molecule has 1 fully saturated rings. The molecule has 1 aromatic rings.